The number of nitrogens with one attached hydrogen (secondary N) is 1. The molecule has 2 N–H and O–H groups in total. The maximum atomic E-state index is 11.4. The maximum Gasteiger partial charge on any atom is 0.303 e. The second-order valence-corrected chi connectivity index (χ2v) is 4.84. The first-order valence-electron chi connectivity index (χ1n) is 6.05. The van der Waals surface area contributed by atoms with Crippen LogP contribution < -0.4 is 10.1 Å². The first-order valence-corrected chi connectivity index (χ1v) is 6.81. The molecule has 110 valence electrons. The van der Waals surface area contributed by atoms with Crippen LogP contribution in [0.2, 0.25) is 10.0 Å². The zero-order valence-corrected chi connectivity index (χ0v) is 12.2. The van der Waals surface area contributed by atoms with E-state index in [4.69, 9.17) is 33.0 Å². The molecule has 0 radical (unpaired) electrons. The highest BCUT2D eigenvalue weighted by Gasteiger charge is 2.04. The molecule has 20 heavy (non-hydrogen) atoms. The predicted molar refractivity (Wildman–Crippen MR) is 76.5 cm³/mol. The molecule has 0 aliphatic carbocycles. The number of carbonyl (C=O) groups is 2. The minimum atomic E-state index is -0.873. The summed E-state index contributed by atoms with van der Waals surface area (Å²) in [5.74, 6) is -0.518. The lowest BCUT2D eigenvalue weighted by Crippen LogP contribution is -2.26. The van der Waals surface area contributed by atoms with Gasteiger partial charge in [-0.2, -0.15) is 0 Å². The van der Waals surface area contributed by atoms with Crippen molar-refractivity contribution in [1.29, 1.82) is 0 Å². The zero-order chi connectivity index (χ0) is 15.0. The zero-order valence-electron chi connectivity index (χ0n) is 10.7. The van der Waals surface area contributed by atoms with Gasteiger partial charge in [0, 0.05) is 19.0 Å². The highest BCUT2D eigenvalue weighted by molar-refractivity contribution is 6.42. The molecule has 0 unspecified atom stereocenters. The summed E-state index contributed by atoms with van der Waals surface area (Å²) in [4.78, 5) is 21.7. The summed E-state index contributed by atoms with van der Waals surface area (Å²) >= 11 is 11.6. The lowest BCUT2D eigenvalue weighted by molar-refractivity contribution is -0.137. The molecule has 1 amide bonds. The van der Waals surface area contributed by atoms with Crippen molar-refractivity contribution in [1.82, 2.24) is 5.32 Å². The summed E-state index contributed by atoms with van der Waals surface area (Å²) in [7, 11) is 0. The van der Waals surface area contributed by atoms with Crippen LogP contribution >= 0.6 is 23.2 Å². The van der Waals surface area contributed by atoms with E-state index in [1.807, 2.05) is 0 Å². The van der Waals surface area contributed by atoms with E-state index < -0.39 is 5.97 Å². The summed E-state index contributed by atoms with van der Waals surface area (Å²) in [6, 6.07) is 4.86. The van der Waals surface area contributed by atoms with E-state index in [1.165, 1.54) is 0 Å². The molecule has 0 fully saturated rings. The van der Waals surface area contributed by atoms with Gasteiger partial charge >= 0.3 is 5.97 Å². The van der Waals surface area contributed by atoms with Crippen molar-refractivity contribution in [3.05, 3.63) is 28.2 Å². The minimum absolute atomic E-state index is 0.0417. The van der Waals surface area contributed by atoms with Crippen LogP contribution in [0.5, 0.6) is 5.75 Å². The number of ether oxygens (including phenoxy) is 1. The number of hydrogen-bond acceptors (Lipinski definition) is 3. The number of benzene rings is 1. The SMILES string of the molecule is O=C(O)CCCNC(=O)CCOc1ccc(Cl)c(Cl)c1. The molecule has 1 aromatic carbocycles. The molecule has 0 bridgehead atoms. The fourth-order valence-corrected chi connectivity index (χ4v) is 1.67. The van der Waals surface area contributed by atoms with Gasteiger partial charge in [-0.25, -0.2) is 0 Å². The third-order valence-electron chi connectivity index (χ3n) is 2.38. The molecular formula is C13H15Cl2NO4. The fraction of sp³-hybridized carbons (Fsp3) is 0.385. The van der Waals surface area contributed by atoms with Crippen LogP contribution in [0, 0.1) is 0 Å². The lowest BCUT2D eigenvalue weighted by atomic mass is 10.3. The summed E-state index contributed by atoms with van der Waals surface area (Å²) in [5, 5.41) is 11.9. The number of hydrogen-bond donors (Lipinski definition) is 2. The standard InChI is InChI=1S/C13H15Cl2NO4/c14-10-4-3-9(8-11(10)15)20-7-5-12(17)16-6-1-2-13(18)19/h3-4,8H,1-2,5-7H2,(H,16,17)(H,18,19). The number of carboxylic acid groups (broad SMARTS) is 1. The van der Waals surface area contributed by atoms with Crippen LogP contribution in [0.4, 0.5) is 0 Å². The van der Waals surface area contributed by atoms with E-state index in [0.717, 1.165) is 0 Å². The molecule has 0 spiro atoms. The van der Waals surface area contributed by atoms with Gasteiger partial charge in [-0.1, -0.05) is 23.2 Å². The van der Waals surface area contributed by atoms with Crippen LogP contribution in [0.15, 0.2) is 18.2 Å². The molecule has 5 nitrogen and oxygen atoms in total. The smallest absolute Gasteiger partial charge is 0.303 e. The third kappa shape index (κ3) is 6.63. The van der Waals surface area contributed by atoms with Crippen LogP contribution in [0.25, 0.3) is 0 Å². The van der Waals surface area contributed by atoms with Gasteiger partial charge in [0.15, 0.2) is 0 Å². The molecule has 0 aliphatic heterocycles. The minimum Gasteiger partial charge on any atom is -0.493 e. The van der Waals surface area contributed by atoms with Gasteiger partial charge in [-0.05, 0) is 18.6 Å². The van der Waals surface area contributed by atoms with Crippen molar-refractivity contribution < 1.29 is 19.4 Å². The van der Waals surface area contributed by atoms with Gasteiger partial charge in [0.1, 0.15) is 5.75 Å². The van der Waals surface area contributed by atoms with Gasteiger partial charge in [-0.15, -0.1) is 0 Å². The van der Waals surface area contributed by atoms with Crippen molar-refractivity contribution in [2.75, 3.05) is 13.2 Å². The molecular weight excluding hydrogens is 305 g/mol. The molecule has 0 saturated carbocycles. The van der Waals surface area contributed by atoms with Crippen molar-refractivity contribution >= 4 is 35.1 Å². The number of rotatable bonds is 8. The maximum absolute atomic E-state index is 11.4. The van der Waals surface area contributed by atoms with Crippen molar-refractivity contribution in [3.8, 4) is 5.75 Å². The lowest BCUT2D eigenvalue weighted by Gasteiger charge is -2.07. The second-order valence-electron chi connectivity index (χ2n) is 4.02. The highest BCUT2D eigenvalue weighted by Crippen LogP contribution is 2.26. The van der Waals surface area contributed by atoms with Crippen LogP contribution in [-0.2, 0) is 9.59 Å². The third-order valence-corrected chi connectivity index (χ3v) is 3.12. The monoisotopic (exact) mass is 319 g/mol. The summed E-state index contributed by atoms with van der Waals surface area (Å²) in [5.41, 5.74) is 0. The Balaban J connectivity index is 2.18. The number of amides is 1. The Morgan fingerprint density at radius 3 is 2.60 bits per heavy atom. The molecule has 0 aliphatic rings. The van der Waals surface area contributed by atoms with Crippen LogP contribution in [-0.4, -0.2) is 30.1 Å². The Labute approximate surface area is 126 Å². The van der Waals surface area contributed by atoms with Gasteiger partial charge in [-0.3, -0.25) is 9.59 Å². The summed E-state index contributed by atoms with van der Waals surface area (Å²) in [6.45, 7) is 0.556. The van der Waals surface area contributed by atoms with E-state index in [1.54, 1.807) is 18.2 Å². The molecule has 1 rings (SSSR count). The van der Waals surface area contributed by atoms with Gasteiger partial charge in [0.2, 0.25) is 5.91 Å². The van der Waals surface area contributed by atoms with Gasteiger partial charge < -0.3 is 15.2 Å². The van der Waals surface area contributed by atoms with E-state index in [0.29, 0.717) is 28.8 Å². The first kappa shape index (κ1) is 16.6. The van der Waals surface area contributed by atoms with E-state index in [9.17, 15) is 9.59 Å². The van der Waals surface area contributed by atoms with Crippen molar-refractivity contribution in [3.63, 3.8) is 0 Å². The first-order chi connectivity index (χ1) is 9.49. The Morgan fingerprint density at radius 1 is 1.20 bits per heavy atom. The van der Waals surface area contributed by atoms with Gasteiger partial charge in [0.05, 0.1) is 23.1 Å². The van der Waals surface area contributed by atoms with Crippen LogP contribution in [0.3, 0.4) is 0 Å². The van der Waals surface area contributed by atoms with Crippen molar-refractivity contribution in [2.24, 2.45) is 0 Å². The van der Waals surface area contributed by atoms with Crippen molar-refractivity contribution in [2.45, 2.75) is 19.3 Å². The Hall–Kier alpha value is -1.46. The highest BCUT2D eigenvalue weighted by atomic mass is 35.5. The Bertz CT molecular complexity index is 479. The number of carbonyl (C=O) groups excluding carboxylic acids is 1. The molecule has 0 atom stereocenters. The van der Waals surface area contributed by atoms with Gasteiger partial charge in [0.25, 0.3) is 0 Å². The normalized spacial score (nSPS) is 10.1. The number of halogens is 2. The Kier molecular flexibility index (Phi) is 7.18. The fourth-order valence-electron chi connectivity index (χ4n) is 1.38. The summed E-state index contributed by atoms with van der Waals surface area (Å²) in [6.07, 6.45) is 0.641. The molecule has 0 saturated heterocycles. The van der Waals surface area contributed by atoms with E-state index in [2.05, 4.69) is 5.32 Å². The quantitative estimate of drug-likeness (QED) is 0.722. The number of carboxylic acids is 1. The predicted octanol–water partition coefficient (Wildman–Crippen LogP) is 2.74. The number of aliphatic carboxylic acids is 1. The molecule has 1 aromatic rings. The molecule has 0 heterocycles. The summed E-state index contributed by atoms with van der Waals surface area (Å²) < 4.78 is 5.36. The van der Waals surface area contributed by atoms with E-state index in [-0.39, 0.29) is 25.4 Å². The molecule has 7 heteroatoms. The second kappa shape index (κ2) is 8.66. The Morgan fingerprint density at radius 2 is 1.95 bits per heavy atom. The van der Waals surface area contributed by atoms with E-state index >= 15 is 0 Å². The molecule has 0 aromatic heterocycles. The average Bonchev–Trinajstić information content (AvgIpc) is 2.39. The topological polar surface area (TPSA) is 75.6 Å². The largest absolute Gasteiger partial charge is 0.493 e. The average molecular weight is 320 g/mol. The van der Waals surface area contributed by atoms with Crippen LogP contribution in [0.1, 0.15) is 19.3 Å².